The maximum atomic E-state index is 13.9. The van der Waals surface area contributed by atoms with Crippen LogP contribution >= 0.6 is 11.6 Å². The third-order valence-corrected chi connectivity index (χ3v) is 7.01. The lowest BCUT2D eigenvalue weighted by atomic mass is 9.90. The summed E-state index contributed by atoms with van der Waals surface area (Å²) < 4.78 is 6.32. The van der Waals surface area contributed by atoms with Crippen molar-refractivity contribution in [3.8, 4) is 0 Å². The molecule has 3 aromatic carbocycles. The summed E-state index contributed by atoms with van der Waals surface area (Å²) >= 11 is 6.22. The van der Waals surface area contributed by atoms with Crippen molar-refractivity contribution in [2.45, 2.75) is 39.2 Å². The Hall–Kier alpha value is -3.41. The zero-order valence-corrected chi connectivity index (χ0v) is 22.1. The normalized spacial score (nSPS) is 12.9. The van der Waals surface area contributed by atoms with Gasteiger partial charge < -0.3 is 15.1 Å². The SMILES string of the molecule is Cc1ccc(C(=O)N(CCCN)[C@@H](c2cc(=O)c3ccc(Cl)cc3o2)C(C)CCc2ccccc2)cc1. The fourth-order valence-electron chi connectivity index (χ4n) is 4.72. The minimum Gasteiger partial charge on any atom is -0.459 e. The lowest BCUT2D eigenvalue weighted by Gasteiger charge is -2.35. The first-order valence-electron chi connectivity index (χ1n) is 12.7. The van der Waals surface area contributed by atoms with Gasteiger partial charge in [0.15, 0.2) is 5.43 Å². The van der Waals surface area contributed by atoms with Gasteiger partial charge in [0.25, 0.3) is 5.91 Å². The largest absolute Gasteiger partial charge is 0.459 e. The Morgan fingerprint density at radius 2 is 1.76 bits per heavy atom. The average Bonchev–Trinajstić information content (AvgIpc) is 2.90. The van der Waals surface area contributed by atoms with Gasteiger partial charge in [-0.3, -0.25) is 9.59 Å². The minimum absolute atomic E-state index is 0.00726. The quantitative estimate of drug-likeness (QED) is 0.259. The van der Waals surface area contributed by atoms with E-state index in [0.29, 0.717) is 46.8 Å². The van der Waals surface area contributed by atoms with Crippen LogP contribution in [0.25, 0.3) is 11.0 Å². The minimum atomic E-state index is -0.458. The van der Waals surface area contributed by atoms with Crippen molar-refractivity contribution in [1.82, 2.24) is 4.90 Å². The number of halogens is 1. The second kappa shape index (κ2) is 12.2. The van der Waals surface area contributed by atoms with Gasteiger partial charge in [0.05, 0.1) is 11.4 Å². The molecule has 0 aliphatic heterocycles. The summed E-state index contributed by atoms with van der Waals surface area (Å²) in [6.45, 7) is 4.98. The van der Waals surface area contributed by atoms with E-state index in [2.05, 4.69) is 19.1 Å². The Kier molecular flexibility index (Phi) is 8.80. The molecule has 0 saturated heterocycles. The van der Waals surface area contributed by atoms with Crippen LogP contribution in [0.3, 0.4) is 0 Å². The van der Waals surface area contributed by atoms with Crippen LogP contribution in [0.4, 0.5) is 0 Å². The lowest BCUT2D eigenvalue weighted by Crippen LogP contribution is -2.40. The van der Waals surface area contributed by atoms with Crippen LogP contribution in [0.5, 0.6) is 0 Å². The van der Waals surface area contributed by atoms with Gasteiger partial charge >= 0.3 is 0 Å². The number of nitrogens with two attached hydrogens (primary N) is 1. The monoisotopic (exact) mass is 516 g/mol. The van der Waals surface area contributed by atoms with Gasteiger partial charge in [0, 0.05) is 29.3 Å². The second-order valence-corrected chi connectivity index (χ2v) is 10.0. The van der Waals surface area contributed by atoms with E-state index in [1.807, 2.05) is 54.3 Å². The summed E-state index contributed by atoms with van der Waals surface area (Å²) in [6, 6.07) is 23.9. The Balaban J connectivity index is 1.79. The highest BCUT2D eigenvalue weighted by molar-refractivity contribution is 6.31. The van der Waals surface area contributed by atoms with Crippen molar-refractivity contribution in [3.05, 3.63) is 117 Å². The molecule has 2 N–H and O–H groups in total. The highest BCUT2D eigenvalue weighted by Gasteiger charge is 2.32. The molecule has 2 atom stereocenters. The topological polar surface area (TPSA) is 76.5 Å². The third kappa shape index (κ3) is 6.48. The Bertz CT molecular complexity index is 1400. The van der Waals surface area contributed by atoms with E-state index in [-0.39, 0.29) is 17.3 Å². The molecular weight excluding hydrogens is 484 g/mol. The highest BCUT2D eigenvalue weighted by atomic mass is 35.5. The predicted molar refractivity (Wildman–Crippen MR) is 150 cm³/mol. The van der Waals surface area contributed by atoms with Gasteiger partial charge in [-0.15, -0.1) is 0 Å². The zero-order chi connectivity index (χ0) is 26.4. The van der Waals surface area contributed by atoms with Crippen molar-refractivity contribution in [1.29, 1.82) is 0 Å². The van der Waals surface area contributed by atoms with Crippen LogP contribution in [0.2, 0.25) is 5.02 Å². The molecule has 0 saturated carbocycles. The molecule has 0 aliphatic rings. The smallest absolute Gasteiger partial charge is 0.254 e. The molecule has 1 amide bonds. The fourth-order valence-corrected chi connectivity index (χ4v) is 4.88. The molecule has 0 radical (unpaired) electrons. The van der Waals surface area contributed by atoms with Crippen LogP contribution in [-0.2, 0) is 6.42 Å². The van der Waals surface area contributed by atoms with Gasteiger partial charge in [-0.25, -0.2) is 0 Å². The molecule has 4 rings (SSSR count). The number of amides is 1. The average molecular weight is 517 g/mol. The second-order valence-electron chi connectivity index (χ2n) is 9.61. The number of carbonyl (C=O) groups excluding carboxylic acids is 1. The van der Waals surface area contributed by atoms with E-state index < -0.39 is 6.04 Å². The summed E-state index contributed by atoms with van der Waals surface area (Å²) in [5.74, 6) is 0.337. The molecular formula is C31H33ClN2O3. The number of nitrogens with zero attached hydrogens (tertiary/aromatic N) is 1. The molecule has 0 fully saturated rings. The Morgan fingerprint density at radius 3 is 2.46 bits per heavy atom. The molecule has 5 nitrogen and oxygen atoms in total. The van der Waals surface area contributed by atoms with Crippen LogP contribution in [-0.4, -0.2) is 23.9 Å². The number of carbonyl (C=O) groups is 1. The molecule has 37 heavy (non-hydrogen) atoms. The van der Waals surface area contributed by atoms with Crippen molar-refractivity contribution >= 4 is 28.5 Å². The number of benzene rings is 3. The lowest BCUT2D eigenvalue weighted by molar-refractivity contribution is 0.0569. The summed E-state index contributed by atoms with van der Waals surface area (Å²) in [5, 5.41) is 0.944. The van der Waals surface area contributed by atoms with Crippen LogP contribution in [0, 0.1) is 12.8 Å². The van der Waals surface area contributed by atoms with E-state index in [9.17, 15) is 9.59 Å². The fraction of sp³-hybridized carbons (Fsp3) is 0.290. The molecule has 1 unspecified atom stereocenters. The first-order chi connectivity index (χ1) is 17.9. The van der Waals surface area contributed by atoms with Gasteiger partial charge in [-0.05, 0) is 68.5 Å². The standard InChI is InChI=1S/C31H33ClN2O3/c1-21-9-13-24(14-10-21)31(36)34(18-6-17-33)30(22(2)11-12-23-7-4-3-5-8-23)29-20-27(35)26-16-15-25(32)19-28(26)37-29/h3-5,7-10,13-16,19-20,22,30H,6,11-12,17-18,33H2,1-2H3/t22?,30-/m1/s1. The maximum absolute atomic E-state index is 13.9. The molecule has 0 aliphatic carbocycles. The Labute approximate surface area is 222 Å². The summed E-state index contributed by atoms with van der Waals surface area (Å²) in [4.78, 5) is 28.8. The Morgan fingerprint density at radius 1 is 1.03 bits per heavy atom. The van der Waals surface area contributed by atoms with Crippen molar-refractivity contribution in [2.75, 3.05) is 13.1 Å². The first-order valence-corrected chi connectivity index (χ1v) is 13.1. The summed E-state index contributed by atoms with van der Waals surface area (Å²) in [6.07, 6.45) is 2.26. The van der Waals surface area contributed by atoms with E-state index in [1.54, 1.807) is 18.2 Å². The van der Waals surface area contributed by atoms with Crippen LogP contribution in [0.1, 0.15) is 53.1 Å². The first kappa shape index (κ1) is 26.6. The van der Waals surface area contributed by atoms with E-state index >= 15 is 0 Å². The van der Waals surface area contributed by atoms with E-state index in [1.165, 1.54) is 11.6 Å². The van der Waals surface area contributed by atoms with Gasteiger partial charge in [0.2, 0.25) is 0 Å². The summed E-state index contributed by atoms with van der Waals surface area (Å²) in [7, 11) is 0. The molecule has 1 aromatic heterocycles. The van der Waals surface area contributed by atoms with Crippen molar-refractivity contribution < 1.29 is 9.21 Å². The van der Waals surface area contributed by atoms with Crippen LogP contribution in [0.15, 0.2) is 88.1 Å². The molecule has 0 bridgehead atoms. The maximum Gasteiger partial charge on any atom is 0.254 e. The number of hydrogen-bond acceptors (Lipinski definition) is 4. The van der Waals surface area contributed by atoms with Gasteiger partial charge in [0.1, 0.15) is 11.3 Å². The number of hydrogen-bond donors (Lipinski definition) is 1. The predicted octanol–water partition coefficient (Wildman–Crippen LogP) is 6.56. The number of aryl methyl sites for hydroxylation is 2. The highest BCUT2D eigenvalue weighted by Crippen LogP contribution is 2.34. The van der Waals surface area contributed by atoms with Gasteiger partial charge in [-0.2, -0.15) is 0 Å². The number of fused-ring (bicyclic) bond motifs is 1. The molecule has 0 spiro atoms. The molecule has 192 valence electrons. The number of rotatable bonds is 10. The molecule has 6 heteroatoms. The third-order valence-electron chi connectivity index (χ3n) is 6.77. The van der Waals surface area contributed by atoms with E-state index in [0.717, 1.165) is 18.4 Å². The summed E-state index contributed by atoms with van der Waals surface area (Å²) in [5.41, 5.74) is 9.02. The van der Waals surface area contributed by atoms with Crippen molar-refractivity contribution in [2.24, 2.45) is 11.7 Å². The molecule has 1 heterocycles. The van der Waals surface area contributed by atoms with E-state index in [4.69, 9.17) is 21.8 Å². The van der Waals surface area contributed by atoms with Gasteiger partial charge in [-0.1, -0.05) is 66.6 Å². The van der Waals surface area contributed by atoms with Crippen molar-refractivity contribution in [3.63, 3.8) is 0 Å². The zero-order valence-electron chi connectivity index (χ0n) is 21.3. The molecule has 4 aromatic rings. The van der Waals surface area contributed by atoms with Crippen LogP contribution < -0.4 is 11.2 Å².